The van der Waals surface area contributed by atoms with Crippen LogP contribution in [-0.4, -0.2) is 36.7 Å². The molecule has 0 spiro atoms. The predicted octanol–water partition coefficient (Wildman–Crippen LogP) is 3.44. The SMILES string of the molecule is CN(C)NC(=O)c1ccsc1NC(=O)c1ccc(C(=O)c2ccccc2)cc1. The first-order valence-electron chi connectivity index (χ1n) is 8.52. The molecule has 6 nitrogen and oxygen atoms in total. The zero-order valence-electron chi connectivity index (χ0n) is 15.4. The molecule has 0 saturated heterocycles. The molecular formula is C21H19N3O3S. The maximum atomic E-state index is 12.5. The third-order valence-corrected chi connectivity index (χ3v) is 4.74. The van der Waals surface area contributed by atoms with E-state index in [1.165, 1.54) is 16.3 Å². The number of benzene rings is 2. The largest absolute Gasteiger partial charge is 0.313 e. The van der Waals surface area contributed by atoms with Crippen LogP contribution in [0.25, 0.3) is 0 Å². The van der Waals surface area contributed by atoms with E-state index < -0.39 is 0 Å². The minimum Gasteiger partial charge on any atom is -0.313 e. The van der Waals surface area contributed by atoms with Crippen molar-refractivity contribution in [2.45, 2.75) is 0 Å². The van der Waals surface area contributed by atoms with Gasteiger partial charge in [-0.15, -0.1) is 11.3 Å². The van der Waals surface area contributed by atoms with Gasteiger partial charge in [-0.25, -0.2) is 5.01 Å². The van der Waals surface area contributed by atoms with E-state index in [-0.39, 0.29) is 17.6 Å². The normalized spacial score (nSPS) is 10.5. The predicted molar refractivity (Wildman–Crippen MR) is 110 cm³/mol. The highest BCUT2D eigenvalue weighted by molar-refractivity contribution is 7.14. The van der Waals surface area contributed by atoms with E-state index in [1.54, 1.807) is 74.1 Å². The Morgan fingerprint density at radius 2 is 1.39 bits per heavy atom. The zero-order chi connectivity index (χ0) is 20.1. The fraction of sp³-hybridized carbons (Fsp3) is 0.0952. The average Bonchev–Trinajstić information content (AvgIpc) is 3.16. The summed E-state index contributed by atoms with van der Waals surface area (Å²) < 4.78 is 0. The van der Waals surface area contributed by atoms with Crippen molar-refractivity contribution in [1.82, 2.24) is 10.4 Å². The molecule has 0 aliphatic heterocycles. The lowest BCUT2D eigenvalue weighted by molar-refractivity contribution is 0.0858. The number of hydrogen-bond donors (Lipinski definition) is 2. The molecule has 0 fully saturated rings. The average molecular weight is 393 g/mol. The van der Waals surface area contributed by atoms with Crippen LogP contribution in [0.4, 0.5) is 5.00 Å². The summed E-state index contributed by atoms with van der Waals surface area (Å²) in [6, 6.07) is 17.1. The summed E-state index contributed by atoms with van der Waals surface area (Å²) in [6.45, 7) is 0. The van der Waals surface area contributed by atoms with Gasteiger partial charge in [0.2, 0.25) is 0 Å². The first-order valence-corrected chi connectivity index (χ1v) is 9.40. The van der Waals surface area contributed by atoms with Crippen molar-refractivity contribution >= 4 is 33.9 Å². The van der Waals surface area contributed by atoms with Crippen LogP contribution in [0, 0.1) is 0 Å². The first kappa shape index (κ1) is 19.5. The Morgan fingerprint density at radius 1 is 0.786 bits per heavy atom. The molecule has 0 radical (unpaired) electrons. The second-order valence-corrected chi connectivity index (χ2v) is 7.14. The minimum atomic E-state index is -0.347. The number of carbonyl (C=O) groups is 3. The van der Waals surface area contributed by atoms with Crippen molar-refractivity contribution in [2.75, 3.05) is 19.4 Å². The summed E-state index contributed by atoms with van der Waals surface area (Å²) >= 11 is 1.27. The Bertz CT molecular complexity index is 995. The van der Waals surface area contributed by atoms with Gasteiger partial charge in [0.1, 0.15) is 5.00 Å². The lowest BCUT2D eigenvalue weighted by atomic mass is 10.0. The molecule has 0 saturated carbocycles. The van der Waals surface area contributed by atoms with Crippen molar-refractivity contribution in [3.8, 4) is 0 Å². The molecule has 142 valence electrons. The van der Waals surface area contributed by atoms with E-state index in [9.17, 15) is 14.4 Å². The van der Waals surface area contributed by atoms with Crippen LogP contribution >= 0.6 is 11.3 Å². The number of hydrogen-bond acceptors (Lipinski definition) is 5. The second kappa shape index (κ2) is 8.60. The van der Waals surface area contributed by atoms with Gasteiger partial charge in [-0.3, -0.25) is 19.8 Å². The highest BCUT2D eigenvalue weighted by Gasteiger charge is 2.17. The number of rotatable bonds is 6. The van der Waals surface area contributed by atoms with Crippen molar-refractivity contribution in [2.24, 2.45) is 0 Å². The van der Waals surface area contributed by atoms with Crippen LogP contribution in [-0.2, 0) is 0 Å². The third kappa shape index (κ3) is 4.51. The van der Waals surface area contributed by atoms with Crippen molar-refractivity contribution < 1.29 is 14.4 Å². The van der Waals surface area contributed by atoms with Gasteiger partial charge < -0.3 is 5.32 Å². The molecule has 2 N–H and O–H groups in total. The number of hydrazine groups is 1. The summed E-state index contributed by atoms with van der Waals surface area (Å²) in [5.41, 5.74) is 4.53. The van der Waals surface area contributed by atoms with Crippen molar-refractivity contribution in [3.05, 3.63) is 88.3 Å². The molecule has 3 aromatic rings. The molecule has 1 heterocycles. The molecule has 0 bridgehead atoms. The van der Waals surface area contributed by atoms with Gasteiger partial charge in [0.05, 0.1) is 5.56 Å². The number of ketones is 1. The van der Waals surface area contributed by atoms with Gasteiger partial charge in [0, 0.05) is 30.8 Å². The van der Waals surface area contributed by atoms with Gasteiger partial charge in [-0.1, -0.05) is 42.5 Å². The number of nitrogens with one attached hydrogen (secondary N) is 2. The Labute approximate surface area is 166 Å². The fourth-order valence-electron chi connectivity index (χ4n) is 2.55. The fourth-order valence-corrected chi connectivity index (χ4v) is 3.33. The monoisotopic (exact) mass is 393 g/mol. The van der Waals surface area contributed by atoms with E-state index in [0.717, 1.165) is 0 Å². The molecule has 2 aromatic carbocycles. The van der Waals surface area contributed by atoms with E-state index in [4.69, 9.17) is 0 Å². The Balaban J connectivity index is 1.72. The quantitative estimate of drug-likeness (QED) is 0.497. The van der Waals surface area contributed by atoms with Crippen molar-refractivity contribution in [1.29, 1.82) is 0 Å². The molecule has 3 rings (SSSR count). The molecule has 0 aliphatic rings. The third-order valence-electron chi connectivity index (χ3n) is 3.91. The van der Waals surface area contributed by atoms with Crippen LogP contribution < -0.4 is 10.7 Å². The topological polar surface area (TPSA) is 78.5 Å². The van der Waals surface area contributed by atoms with Crippen LogP contribution in [0.1, 0.15) is 36.6 Å². The van der Waals surface area contributed by atoms with Gasteiger partial charge >= 0.3 is 0 Å². The maximum absolute atomic E-state index is 12.5. The van der Waals surface area contributed by atoms with Crippen LogP contribution in [0.3, 0.4) is 0 Å². The highest BCUT2D eigenvalue weighted by atomic mass is 32.1. The summed E-state index contributed by atoms with van der Waals surface area (Å²) in [5, 5.41) is 6.50. The first-order chi connectivity index (χ1) is 13.5. The Morgan fingerprint density at radius 3 is 2.04 bits per heavy atom. The summed E-state index contributed by atoms with van der Waals surface area (Å²) in [5.74, 6) is -0.751. The molecule has 0 aliphatic carbocycles. The van der Waals surface area contributed by atoms with E-state index in [0.29, 0.717) is 27.3 Å². The van der Waals surface area contributed by atoms with Gasteiger partial charge in [-0.2, -0.15) is 0 Å². The molecule has 0 atom stereocenters. The lowest BCUT2D eigenvalue weighted by Gasteiger charge is -2.12. The van der Waals surface area contributed by atoms with Crippen LogP contribution in [0.2, 0.25) is 0 Å². The smallest absolute Gasteiger partial charge is 0.268 e. The van der Waals surface area contributed by atoms with E-state index in [1.807, 2.05) is 6.07 Å². The summed E-state index contributed by atoms with van der Waals surface area (Å²) in [7, 11) is 3.42. The zero-order valence-corrected chi connectivity index (χ0v) is 16.2. The molecule has 7 heteroatoms. The van der Waals surface area contributed by atoms with Crippen LogP contribution in [0.15, 0.2) is 66.0 Å². The Kier molecular flexibility index (Phi) is 5.98. The maximum Gasteiger partial charge on any atom is 0.268 e. The Hall–Kier alpha value is -3.29. The summed E-state index contributed by atoms with van der Waals surface area (Å²) in [6.07, 6.45) is 0. The lowest BCUT2D eigenvalue weighted by Crippen LogP contribution is -2.36. The molecule has 0 unspecified atom stereocenters. The van der Waals surface area contributed by atoms with E-state index in [2.05, 4.69) is 10.7 Å². The molecular weight excluding hydrogens is 374 g/mol. The number of thiophene rings is 1. The number of amides is 2. The molecule has 2 amide bonds. The van der Waals surface area contributed by atoms with Crippen molar-refractivity contribution in [3.63, 3.8) is 0 Å². The molecule has 28 heavy (non-hydrogen) atoms. The molecule has 1 aromatic heterocycles. The minimum absolute atomic E-state index is 0.103. The standard InChI is InChI=1S/C21H19N3O3S/c1-24(2)23-20(27)17-12-13-28-21(17)22-19(26)16-10-8-15(9-11-16)18(25)14-6-4-3-5-7-14/h3-13H,1-2H3,(H,22,26)(H,23,27). The summed E-state index contributed by atoms with van der Waals surface area (Å²) in [4.78, 5) is 37.1. The van der Waals surface area contributed by atoms with Crippen LogP contribution in [0.5, 0.6) is 0 Å². The second-order valence-electron chi connectivity index (χ2n) is 6.23. The number of anilines is 1. The van der Waals surface area contributed by atoms with Gasteiger partial charge in [0.15, 0.2) is 5.78 Å². The van der Waals surface area contributed by atoms with Gasteiger partial charge in [-0.05, 0) is 23.6 Å². The van der Waals surface area contributed by atoms with Gasteiger partial charge in [0.25, 0.3) is 11.8 Å². The highest BCUT2D eigenvalue weighted by Crippen LogP contribution is 2.24. The van der Waals surface area contributed by atoms with E-state index >= 15 is 0 Å². The number of carbonyl (C=O) groups excluding carboxylic acids is 3. The number of nitrogens with zero attached hydrogens (tertiary/aromatic N) is 1.